The fourth-order valence-electron chi connectivity index (χ4n) is 3.13. The van der Waals surface area contributed by atoms with Crippen molar-refractivity contribution in [1.82, 2.24) is 5.32 Å². The summed E-state index contributed by atoms with van der Waals surface area (Å²) in [5, 5.41) is 3.43. The van der Waals surface area contributed by atoms with Crippen molar-refractivity contribution in [2.75, 3.05) is 20.8 Å². The van der Waals surface area contributed by atoms with Gasteiger partial charge in [-0.1, -0.05) is 24.3 Å². The molecule has 0 bridgehead atoms. The topological polar surface area (TPSA) is 39.7 Å². The molecular weight excluding hydrogens is 345 g/mol. The highest BCUT2D eigenvalue weighted by Gasteiger charge is 2.23. The van der Waals surface area contributed by atoms with Crippen LogP contribution >= 0.6 is 0 Å². The summed E-state index contributed by atoms with van der Waals surface area (Å²) in [5.41, 5.74) is 1.64. The Morgan fingerprint density at radius 3 is 2.56 bits per heavy atom. The third-order valence-electron chi connectivity index (χ3n) is 4.95. The quantitative estimate of drug-likeness (QED) is 0.666. The predicted octanol–water partition coefficient (Wildman–Crippen LogP) is 4.49. The maximum Gasteiger partial charge on any atom is 0.161 e. The highest BCUT2D eigenvalue weighted by molar-refractivity contribution is 5.43. The molecule has 146 valence electrons. The van der Waals surface area contributed by atoms with Crippen LogP contribution in [-0.2, 0) is 11.3 Å². The summed E-state index contributed by atoms with van der Waals surface area (Å²) in [6, 6.07) is 12.6. The molecule has 3 rings (SSSR count). The Balaban J connectivity index is 1.64. The van der Waals surface area contributed by atoms with Crippen LogP contribution in [0.2, 0.25) is 0 Å². The van der Waals surface area contributed by atoms with Gasteiger partial charge in [0, 0.05) is 25.3 Å². The minimum atomic E-state index is -0.366. The van der Waals surface area contributed by atoms with Crippen LogP contribution in [0.4, 0.5) is 4.39 Å². The van der Waals surface area contributed by atoms with Gasteiger partial charge in [-0.05, 0) is 49.4 Å². The molecule has 2 aromatic carbocycles. The van der Waals surface area contributed by atoms with Crippen molar-refractivity contribution in [3.05, 3.63) is 59.4 Å². The number of hydrogen-bond acceptors (Lipinski definition) is 4. The summed E-state index contributed by atoms with van der Waals surface area (Å²) in [7, 11) is 3.25. The molecule has 2 aromatic rings. The van der Waals surface area contributed by atoms with Gasteiger partial charge in [0.2, 0.25) is 0 Å². The molecule has 1 aliphatic rings. The highest BCUT2D eigenvalue weighted by atomic mass is 19.1. The molecule has 1 aliphatic carbocycles. The summed E-state index contributed by atoms with van der Waals surface area (Å²) in [4.78, 5) is 0. The first-order chi connectivity index (χ1) is 13.1. The fraction of sp³-hybridized carbons (Fsp3) is 0.455. The van der Waals surface area contributed by atoms with Crippen LogP contribution in [0.25, 0.3) is 0 Å². The van der Waals surface area contributed by atoms with Gasteiger partial charge in [0.15, 0.2) is 11.5 Å². The normalized spacial score (nSPS) is 16.0. The molecule has 1 saturated carbocycles. The highest BCUT2D eigenvalue weighted by Crippen LogP contribution is 2.33. The monoisotopic (exact) mass is 373 g/mol. The van der Waals surface area contributed by atoms with Crippen LogP contribution in [0, 0.1) is 11.7 Å². The number of benzene rings is 2. The molecule has 5 heteroatoms. The molecule has 0 radical (unpaired) electrons. The molecule has 1 fully saturated rings. The molecule has 0 amide bonds. The van der Waals surface area contributed by atoms with Crippen LogP contribution in [0.15, 0.2) is 42.5 Å². The van der Waals surface area contributed by atoms with E-state index in [0.717, 1.165) is 23.7 Å². The van der Waals surface area contributed by atoms with E-state index in [9.17, 15) is 4.39 Å². The summed E-state index contributed by atoms with van der Waals surface area (Å²) in [5.74, 6) is 1.94. The summed E-state index contributed by atoms with van der Waals surface area (Å²) in [6.45, 7) is 3.36. The molecule has 0 aliphatic heterocycles. The lowest BCUT2D eigenvalue weighted by molar-refractivity contribution is 0.0700. The van der Waals surface area contributed by atoms with E-state index in [1.165, 1.54) is 18.9 Å². The average molecular weight is 373 g/mol. The van der Waals surface area contributed by atoms with E-state index in [0.29, 0.717) is 18.0 Å². The first kappa shape index (κ1) is 19.6. The number of hydrogen-bond donors (Lipinski definition) is 1. The van der Waals surface area contributed by atoms with Gasteiger partial charge in [-0.25, -0.2) is 4.39 Å². The molecule has 27 heavy (non-hydrogen) atoms. The number of halogens is 1. The second-order valence-electron chi connectivity index (χ2n) is 7.09. The second kappa shape index (κ2) is 9.20. The Labute approximate surface area is 160 Å². The average Bonchev–Trinajstić information content (AvgIpc) is 3.51. The lowest BCUT2D eigenvalue weighted by Gasteiger charge is -2.25. The molecular formula is C22H28FNO3. The van der Waals surface area contributed by atoms with Gasteiger partial charge in [0.25, 0.3) is 0 Å². The number of rotatable bonds is 10. The van der Waals surface area contributed by atoms with Crippen LogP contribution < -0.4 is 14.8 Å². The van der Waals surface area contributed by atoms with E-state index in [1.54, 1.807) is 26.4 Å². The van der Waals surface area contributed by atoms with Gasteiger partial charge in [0.1, 0.15) is 5.82 Å². The third-order valence-corrected chi connectivity index (χ3v) is 4.95. The maximum absolute atomic E-state index is 14.1. The van der Waals surface area contributed by atoms with E-state index >= 15 is 0 Å². The largest absolute Gasteiger partial charge is 0.493 e. The van der Waals surface area contributed by atoms with Gasteiger partial charge >= 0.3 is 0 Å². The van der Waals surface area contributed by atoms with E-state index in [2.05, 4.69) is 5.32 Å². The van der Waals surface area contributed by atoms with Crippen molar-refractivity contribution in [3.8, 4) is 11.5 Å². The van der Waals surface area contributed by atoms with Gasteiger partial charge in [0.05, 0.1) is 19.8 Å². The first-order valence-corrected chi connectivity index (χ1v) is 9.42. The van der Waals surface area contributed by atoms with Crippen molar-refractivity contribution >= 4 is 0 Å². The van der Waals surface area contributed by atoms with Crippen molar-refractivity contribution < 1.29 is 18.6 Å². The Morgan fingerprint density at radius 2 is 1.89 bits per heavy atom. The number of nitrogens with one attached hydrogen (secondary N) is 1. The molecule has 4 nitrogen and oxygen atoms in total. The first-order valence-electron chi connectivity index (χ1n) is 9.42. The lowest BCUT2D eigenvalue weighted by Crippen LogP contribution is -2.33. The van der Waals surface area contributed by atoms with Crippen LogP contribution in [0.5, 0.6) is 11.5 Å². The molecule has 0 saturated heterocycles. The molecule has 0 heterocycles. The van der Waals surface area contributed by atoms with E-state index in [4.69, 9.17) is 14.2 Å². The zero-order valence-corrected chi connectivity index (χ0v) is 16.2. The SMILES string of the molecule is COc1ccc(CN[C@@H](C)[C@H](OC)c2ccccc2F)cc1OCC1CC1. The van der Waals surface area contributed by atoms with E-state index < -0.39 is 0 Å². The second-order valence-corrected chi connectivity index (χ2v) is 7.09. The standard InChI is InChI=1S/C22H28FNO3/c1-15(22(26-3)18-6-4-5-7-19(18)23)24-13-17-10-11-20(25-2)21(12-17)27-14-16-8-9-16/h4-7,10-12,15-16,22,24H,8-9,13-14H2,1-3H3/t15-,22-/m0/s1. The Morgan fingerprint density at radius 1 is 1.11 bits per heavy atom. The number of ether oxygens (including phenoxy) is 3. The number of methoxy groups -OCH3 is 2. The molecule has 0 spiro atoms. The van der Waals surface area contributed by atoms with Crippen molar-refractivity contribution in [2.45, 2.75) is 38.5 Å². The minimum absolute atomic E-state index is 0.0650. The smallest absolute Gasteiger partial charge is 0.161 e. The lowest BCUT2D eigenvalue weighted by atomic mass is 10.0. The molecule has 0 unspecified atom stereocenters. The Hall–Kier alpha value is -2.11. The van der Waals surface area contributed by atoms with Gasteiger partial charge in [-0.15, -0.1) is 0 Å². The van der Waals surface area contributed by atoms with Crippen LogP contribution in [-0.4, -0.2) is 26.9 Å². The maximum atomic E-state index is 14.1. The van der Waals surface area contributed by atoms with Gasteiger partial charge in [-0.2, -0.15) is 0 Å². The zero-order valence-electron chi connectivity index (χ0n) is 16.2. The Kier molecular flexibility index (Phi) is 6.69. The summed E-state index contributed by atoms with van der Waals surface area (Å²) >= 11 is 0. The van der Waals surface area contributed by atoms with Crippen molar-refractivity contribution in [1.29, 1.82) is 0 Å². The molecule has 0 aromatic heterocycles. The van der Waals surface area contributed by atoms with Gasteiger partial charge < -0.3 is 19.5 Å². The minimum Gasteiger partial charge on any atom is -0.493 e. The van der Waals surface area contributed by atoms with Crippen LogP contribution in [0.1, 0.15) is 37.0 Å². The third kappa shape index (κ3) is 5.21. The summed E-state index contributed by atoms with van der Waals surface area (Å²) in [6.07, 6.45) is 2.13. The predicted molar refractivity (Wildman–Crippen MR) is 104 cm³/mol. The van der Waals surface area contributed by atoms with Crippen molar-refractivity contribution in [3.63, 3.8) is 0 Å². The van der Waals surface area contributed by atoms with Crippen LogP contribution in [0.3, 0.4) is 0 Å². The van der Waals surface area contributed by atoms with Gasteiger partial charge in [-0.3, -0.25) is 0 Å². The fourth-order valence-corrected chi connectivity index (χ4v) is 3.13. The zero-order chi connectivity index (χ0) is 19.2. The van der Waals surface area contributed by atoms with E-state index in [1.807, 2.05) is 31.2 Å². The molecule has 2 atom stereocenters. The Bertz CT molecular complexity index is 748. The summed E-state index contributed by atoms with van der Waals surface area (Å²) < 4.78 is 31.0. The van der Waals surface area contributed by atoms with Crippen molar-refractivity contribution in [2.24, 2.45) is 5.92 Å². The van der Waals surface area contributed by atoms with E-state index in [-0.39, 0.29) is 18.0 Å². The molecule has 1 N–H and O–H groups in total.